The van der Waals surface area contributed by atoms with E-state index in [1.165, 1.54) is 12.8 Å². The molecule has 0 saturated carbocycles. The van der Waals surface area contributed by atoms with E-state index in [2.05, 4.69) is 0 Å². The van der Waals surface area contributed by atoms with Crippen LogP contribution in [0.4, 0.5) is 0 Å². The Balaban J connectivity index is 1.96. The molecule has 2 aliphatic heterocycles. The molecule has 3 rings (SSSR count). The first-order valence-corrected chi connectivity index (χ1v) is 7.69. The lowest BCUT2D eigenvalue weighted by Crippen LogP contribution is -2.35. The van der Waals surface area contributed by atoms with Crippen molar-refractivity contribution in [2.24, 2.45) is 0 Å². The Morgan fingerprint density at radius 1 is 1.16 bits per heavy atom. The van der Waals surface area contributed by atoms with E-state index in [4.69, 9.17) is 9.47 Å². The Kier molecular flexibility index (Phi) is 3.39. The lowest BCUT2D eigenvalue weighted by Gasteiger charge is -2.37. The lowest BCUT2D eigenvalue weighted by atomic mass is 9.85. The van der Waals surface area contributed by atoms with E-state index in [0.717, 1.165) is 29.9 Å². The predicted molar refractivity (Wildman–Crippen MR) is 77.1 cm³/mol. The molecular formula is C15H20O3S. The molecule has 1 N–H and O–H groups in total. The van der Waals surface area contributed by atoms with E-state index >= 15 is 0 Å². The normalized spacial score (nSPS) is 33.2. The molecule has 19 heavy (non-hydrogen) atoms. The van der Waals surface area contributed by atoms with Gasteiger partial charge < -0.3 is 14.6 Å². The summed E-state index contributed by atoms with van der Waals surface area (Å²) in [4.78, 5) is 0. The fraction of sp³-hybridized carbons (Fsp3) is 0.600. The molecule has 1 aromatic rings. The second-order valence-electron chi connectivity index (χ2n) is 5.46. The number of thioether (sulfide) groups is 1. The van der Waals surface area contributed by atoms with Crippen LogP contribution in [0.1, 0.15) is 31.2 Å². The number of benzene rings is 1. The third-order valence-electron chi connectivity index (χ3n) is 4.24. The van der Waals surface area contributed by atoms with Gasteiger partial charge in [-0.1, -0.05) is 0 Å². The molecule has 0 radical (unpaired) electrons. The Morgan fingerprint density at radius 2 is 1.84 bits per heavy atom. The van der Waals surface area contributed by atoms with Crippen LogP contribution in [-0.4, -0.2) is 29.8 Å². The summed E-state index contributed by atoms with van der Waals surface area (Å²) in [5.74, 6) is 1.49. The van der Waals surface area contributed by atoms with Crippen LogP contribution in [-0.2, 0) is 5.60 Å². The molecule has 2 heterocycles. The maximum absolute atomic E-state index is 11.1. The highest BCUT2D eigenvalue weighted by Gasteiger charge is 2.45. The van der Waals surface area contributed by atoms with Crippen molar-refractivity contribution in [2.45, 2.75) is 41.8 Å². The first-order valence-electron chi connectivity index (χ1n) is 6.75. The van der Waals surface area contributed by atoms with Gasteiger partial charge in [-0.25, -0.2) is 0 Å². The van der Waals surface area contributed by atoms with Gasteiger partial charge in [0, 0.05) is 22.1 Å². The van der Waals surface area contributed by atoms with Gasteiger partial charge in [-0.2, -0.15) is 11.8 Å². The zero-order chi connectivity index (χ0) is 13.5. The summed E-state index contributed by atoms with van der Waals surface area (Å²) in [5.41, 5.74) is 0.169. The SMILES string of the molecule is COc1ccc(C2(O)CC3CCC(C2)S3)c(OC)c1. The number of ether oxygens (including phenoxy) is 2. The number of methoxy groups -OCH3 is 2. The Bertz CT molecular complexity index is 462. The van der Waals surface area contributed by atoms with Crippen LogP contribution in [0.3, 0.4) is 0 Å². The number of rotatable bonds is 3. The summed E-state index contributed by atoms with van der Waals surface area (Å²) in [6.07, 6.45) is 4.12. The highest BCUT2D eigenvalue weighted by atomic mass is 32.2. The minimum absolute atomic E-state index is 0.593. The number of hydrogen-bond acceptors (Lipinski definition) is 4. The van der Waals surface area contributed by atoms with Crippen LogP contribution in [0.15, 0.2) is 18.2 Å². The molecule has 4 heteroatoms. The number of aliphatic hydroxyl groups is 1. The van der Waals surface area contributed by atoms with E-state index in [1.54, 1.807) is 14.2 Å². The molecular weight excluding hydrogens is 260 g/mol. The molecule has 2 unspecified atom stereocenters. The zero-order valence-electron chi connectivity index (χ0n) is 11.4. The monoisotopic (exact) mass is 280 g/mol. The average molecular weight is 280 g/mol. The molecule has 1 aromatic carbocycles. The van der Waals surface area contributed by atoms with Crippen LogP contribution in [0.25, 0.3) is 0 Å². The van der Waals surface area contributed by atoms with Crippen LogP contribution in [0, 0.1) is 0 Å². The quantitative estimate of drug-likeness (QED) is 0.924. The van der Waals surface area contributed by atoms with Crippen molar-refractivity contribution in [3.05, 3.63) is 23.8 Å². The molecule has 104 valence electrons. The van der Waals surface area contributed by atoms with E-state index in [1.807, 2.05) is 30.0 Å². The molecule has 0 aromatic heterocycles. The summed E-state index contributed by atoms with van der Waals surface area (Å²) in [5, 5.41) is 12.3. The first-order chi connectivity index (χ1) is 9.14. The predicted octanol–water partition coefficient (Wildman–Crippen LogP) is 2.95. The minimum atomic E-state index is -0.741. The molecule has 3 nitrogen and oxygen atoms in total. The van der Waals surface area contributed by atoms with E-state index in [9.17, 15) is 5.11 Å². The van der Waals surface area contributed by atoms with Crippen molar-refractivity contribution >= 4 is 11.8 Å². The summed E-state index contributed by atoms with van der Waals surface area (Å²) in [6.45, 7) is 0. The summed E-state index contributed by atoms with van der Waals surface area (Å²) in [6, 6.07) is 5.71. The number of fused-ring (bicyclic) bond motifs is 2. The summed E-state index contributed by atoms with van der Waals surface area (Å²) >= 11 is 2.04. The van der Waals surface area contributed by atoms with Gasteiger partial charge in [0.2, 0.25) is 0 Å². The molecule has 0 spiro atoms. The highest BCUT2D eigenvalue weighted by molar-refractivity contribution is 8.00. The Hall–Kier alpha value is -0.870. The topological polar surface area (TPSA) is 38.7 Å². The first kappa shape index (κ1) is 13.1. The van der Waals surface area contributed by atoms with Gasteiger partial charge in [0.05, 0.1) is 19.8 Å². The molecule has 2 bridgehead atoms. The van der Waals surface area contributed by atoms with Gasteiger partial charge in [-0.3, -0.25) is 0 Å². The molecule has 0 amide bonds. The lowest BCUT2D eigenvalue weighted by molar-refractivity contribution is 0.0174. The Morgan fingerprint density at radius 3 is 2.42 bits per heavy atom. The third kappa shape index (κ3) is 2.32. The fourth-order valence-electron chi connectivity index (χ4n) is 3.32. The highest BCUT2D eigenvalue weighted by Crippen LogP contribution is 2.52. The van der Waals surface area contributed by atoms with Crippen molar-refractivity contribution < 1.29 is 14.6 Å². The van der Waals surface area contributed by atoms with E-state index in [-0.39, 0.29) is 0 Å². The van der Waals surface area contributed by atoms with Crippen LogP contribution >= 0.6 is 11.8 Å². The largest absolute Gasteiger partial charge is 0.497 e. The van der Waals surface area contributed by atoms with Crippen molar-refractivity contribution in [1.29, 1.82) is 0 Å². The minimum Gasteiger partial charge on any atom is -0.497 e. The summed E-state index contributed by atoms with van der Waals surface area (Å²) in [7, 11) is 3.29. The smallest absolute Gasteiger partial charge is 0.128 e. The zero-order valence-corrected chi connectivity index (χ0v) is 12.2. The van der Waals surface area contributed by atoms with Crippen molar-refractivity contribution in [1.82, 2.24) is 0 Å². The van der Waals surface area contributed by atoms with Gasteiger partial charge in [-0.15, -0.1) is 0 Å². The number of hydrogen-bond donors (Lipinski definition) is 1. The molecule has 2 atom stereocenters. The third-order valence-corrected chi connectivity index (χ3v) is 5.81. The maximum atomic E-state index is 11.1. The molecule has 2 aliphatic rings. The van der Waals surface area contributed by atoms with Gasteiger partial charge in [0.25, 0.3) is 0 Å². The average Bonchev–Trinajstić information content (AvgIpc) is 2.77. The second kappa shape index (κ2) is 4.91. The maximum Gasteiger partial charge on any atom is 0.128 e. The van der Waals surface area contributed by atoms with Gasteiger partial charge in [0.15, 0.2) is 0 Å². The molecule has 0 aliphatic carbocycles. The van der Waals surface area contributed by atoms with Gasteiger partial charge in [-0.05, 0) is 37.8 Å². The second-order valence-corrected chi connectivity index (χ2v) is 7.07. The summed E-state index contributed by atoms with van der Waals surface area (Å²) < 4.78 is 10.7. The molecule has 2 fully saturated rings. The molecule has 2 saturated heterocycles. The van der Waals surface area contributed by atoms with Crippen LogP contribution in [0.5, 0.6) is 11.5 Å². The van der Waals surface area contributed by atoms with Gasteiger partial charge >= 0.3 is 0 Å². The fourth-order valence-corrected chi connectivity index (χ4v) is 5.15. The van der Waals surface area contributed by atoms with Crippen LogP contribution < -0.4 is 9.47 Å². The Labute approximate surface area is 118 Å². The van der Waals surface area contributed by atoms with E-state index < -0.39 is 5.60 Å². The standard InChI is InChI=1S/C15H20O3S/c1-17-10-3-6-13(14(7-10)18-2)15(16)8-11-4-5-12(9-15)19-11/h3,6-7,11-12,16H,4-5,8-9H2,1-2H3. The van der Waals surface area contributed by atoms with Crippen molar-refractivity contribution in [3.63, 3.8) is 0 Å². The van der Waals surface area contributed by atoms with Gasteiger partial charge in [0.1, 0.15) is 11.5 Å². The van der Waals surface area contributed by atoms with Crippen LogP contribution in [0.2, 0.25) is 0 Å². The van der Waals surface area contributed by atoms with Crippen molar-refractivity contribution in [2.75, 3.05) is 14.2 Å². The van der Waals surface area contributed by atoms with E-state index in [0.29, 0.717) is 10.5 Å². The van der Waals surface area contributed by atoms with Crippen molar-refractivity contribution in [3.8, 4) is 11.5 Å².